The Morgan fingerprint density at radius 2 is 1.70 bits per heavy atom. The Labute approximate surface area is 232 Å². The first kappa shape index (κ1) is 26.8. The molecule has 2 N–H and O–H groups in total. The maximum atomic E-state index is 14.1. The normalized spacial score (nSPS) is 21.2. The third-order valence-corrected chi connectivity index (χ3v) is 11.9. The molecule has 1 amide bonds. The van der Waals surface area contributed by atoms with Gasteiger partial charge >= 0.3 is 0 Å². The van der Waals surface area contributed by atoms with Gasteiger partial charge in [-0.3, -0.25) is 9.10 Å². The fraction of sp³-hybridized carbons (Fsp3) is 0.345. The molecule has 3 aromatic rings. The molecule has 0 aromatic heterocycles. The lowest BCUT2D eigenvalue weighted by molar-refractivity contribution is 0.0950. The smallest absolute Gasteiger partial charge is 0.264 e. The number of para-hydroxylation sites is 1. The molecular weight excluding hydrogens is 555 g/mol. The molecule has 1 atom stereocenters. The number of carbonyl (C=O) groups is 1. The number of halogens is 1. The second kappa shape index (κ2) is 9.59. The van der Waals surface area contributed by atoms with Crippen LogP contribution in [0.25, 0.3) is 0 Å². The van der Waals surface area contributed by atoms with Gasteiger partial charge < -0.3 is 10.4 Å². The molecule has 3 aliphatic rings. The first-order chi connectivity index (χ1) is 19.0. The van der Waals surface area contributed by atoms with Crippen LogP contribution in [0, 0.1) is 11.7 Å². The van der Waals surface area contributed by atoms with Crippen LogP contribution in [-0.4, -0.2) is 45.4 Å². The highest BCUT2D eigenvalue weighted by molar-refractivity contribution is 7.93. The highest BCUT2D eigenvalue weighted by atomic mass is 32.2. The number of aromatic hydroxyl groups is 1. The first-order valence-electron chi connectivity index (χ1n) is 13.2. The van der Waals surface area contributed by atoms with E-state index in [0.717, 1.165) is 25.0 Å². The van der Waals surface area contributed by atoms with Crippen LogP contribution in [0.15, 0.2) is 71.6 Å². The van der Waals surface area contributed by atoms with Crippen molar-refractivity contribution in [2.45, 2.75) is 48.6 Å². The third-order valence-electron chi connectivity index (χ3n) is 8.44. The van der Waals surface area contributed by atoms with E-state index in [-0.39, 0.29) is 47.5 Å². The maximum Gasteiger partial charge on any atom is 0.264 e. The number of nitrogens with zero attached hydrogens (tertiary/aromatic N) is 1. The summed E-state index contributed by atoms with van der Waals surface area (Å²) in [5, 5.41) is 12.9. The van der Waals surface area contributed by atoms with E-state index in [2.05, 4.69) is 5.32 Å². The van der Waals surface area contributed by atoms with Crippen molar-refractivity contribution in [3.63, 3.8) is 0 Å². The number of fused-ring (bicyclic) bond motifs is 2. The number of nitrogens with one attached hydrogen (secondary N) is 1. The van der Waals surface area contributed by atoms with Gasteiger partial charge in [0.2, 0.25) is 0 Å². The minimum Gasteiger partial charge on any atom is -0.508 e. The van der Waals surface area contributed by atoms with Crippen molar-refractivity contribution < 1.29 is 31.1 Å². The van der Waals surface area contributed by atoms with Gasteiger partial charge in [0.15, 0.2) is 0 Å². The molecule has 11 heteroatoms. The predicted molar refractivity (Wildman–Crippen MR) is 148 cm³/mol. The molecule has 40 heavy (non-hydrogen) atoms. The van der Waals surface area contributed by atoms with Crippen molar-refractivity contribution in [3.8, 4) is 5.75 Å². The minimum atomic E-state index is -4.12. The van der Waals surface area contributed by atoms with Crippen molar-refractivity contribution in [3.05, 3.63) is 89.2 Å². The molecule has 1 spiro atoms. The SMILES string of the molecule is O=C(NCc1ccccc1O)c1ccc2c(c1)C1(CCS(=O)(=O)CC1)C(C1CC1)N2S(=O)(=O)c1ccc(F)cc1. The number of carbonyl (C=O) groups excluding carboxylic acids is 1. The average Bonchev–Trinajstić information content (AvgIpc) is 3.73. The van der Waals surface area contributed by atoms with Gasteiger partial charge in [0.25, 0.3) is 15.9 Å². The molecule has 1 aliphatic carbocycles. The summed E-state index contributed by atoms with van der Waals surface area (Å²) in [4.78, 5) is 13.2. The van der Waals surface area contributed by atoms with Crippen molar-refractivity contribution >= 4 is 31.5 Å². The Hall–Kier alpha value is -3.44. The zero-order valence-corrected chi connectivity index (χ0v) is 23.2. The van der Waals surface area contributed by atoms with Crippen molar-refractivity contribution in [1.29, 1.82) is 0 Å². The zero-order chi connectivity index (χ0) is 28.3. The van der Waals surface area contributed by atoms with Crippen molar-refractivity contribution in [1.82, 2.24) is 5.32 Å². The summed E-state index contributed by atoms with van der Waals surface area (Å²) in [5.74, 6) is -0.969. The van der Waals surface area contributed by atoms with Crippen LogP contribution in [0.5, 0.6) is 5.75 Å². The molecule has 8 nitrogen and oxygen atoms in total. The molecule has 0 radical (unpaired) electrons. The van der Waals surface area contributed by atoms with Crippen LogP contribution in [-0.2, 0) is 31.8 Å². The molecule has 1 unspecified atom stereocenters. The summed E-state index contributed by atoms with van der Waals surface area (Å²) >= 11 is 0. The summed E-state index contributed by atoms with van der Waals surface area (Å²) in [6.07, 6.45) is 2.14. The van der Waals surface area contributed by atoms with Gasteiger partial charge in [0.1, 0.15) is 21.4 Å². The van der Waals surface area contributed by atoms with Crippen LogP contribution in [0.1, 0.15) is 47.2 Å². The van der Waals surface area contributed by atoms with Crippen molar-refractivity contribution in [2.75, 3.05) is 15.8 Å². The van der Waals surface area contributed by atoms with E-state index in [1.54, 1.807) is 36.4 Å². The number of sulfone groups is 1. The highest BCUT2D eigenvalue weighted by Gasteiger charge is 2.60. The third kappa shape index (κ3) is 4.54. The molecule has 2 aliphatic heterocycles. The van der Waals surface area contributed by atoms with Gasteiger partial charge in [-0.2, -0.15) is 0 Å². The van der Waals surface area contributed by atoms with E-state index >= 15 is 0 Å². The second-order valence-corrected chi connectivity index (χ2v) is 15.0. The lowest BCUT2D eigenvalue weighted by Gasteiger charge is -2.41. The molecular formula is C29H29FN2O6S2. The van der Waals surface area contributed by atoms with Gasteiger partial charge in [0, 0.05) is 23.1 Å². The van der Waals surface area contributed by atoms with Gasteiger partial charge in [-0.15, -0.1) is 0 Å². The van der Waals surface area contributed by atoms with Gasteiger partial charge in [-0.25, -0.2) is 21.2 Å². The first-order valence-corrected chi connectivity index (χ1v) is 16.5. The van der Waals surface area contributed by atoms with E-state index in [1.807, 2.05) is 0 Å². The maximum absolute atomic E-state index is 14.1. The number of hydrogen-bond acceptors (Lipinski definition) is 6. The molecule has 210 valence electrons. The Kier molecular flexibility index (Phi) is 6.42. The Bertz CT molecular complexity index is 1690. The van der Waals surface area contributed by atoms with Crippen LogP contribution < -0.4 is 9.62 Å². The van der Waals surface area contributed by atoms with Crippen LogP contribution in [0.2, 0.25) is 0 Å². The summed E-state index contributed by atoms with van der Waals surface area (Å²) in [6, 6.07) is 15.8. The quantitative estimate of drug-likeness (QED) is 0.454. The minimum absolute atomic E-state index is 0.0433. The number of benzene rings is 3. The second-order valence-electron chi connectivity index (χ2n) is 10.9. The number of anilines is 1. The lowest BCUT2D eigenvalue weighted by atomic mass is 9.70. The van der Waals surface area contributed by atoms with Crippen LogP contribution >= 0.6 is 0 Å². The molecule has 2 heterocycles. The lowest BCUT2D eigenvalue weighted by Crippen LogP contribution is -2.52. The zero-order valence-electron chi connectivity index (χ0n) is 21.6. The molecule has 2 fully saturated rings. The summed E-state index contributed by atoms with van der Waals surface area (Å²) in [6.45, 7) is 0.0990. The predicted octanol–water partition coefficient (Wildman–Crippen LogP) is 3.90. The Morgan fingerprint density at radius 3 is 2.35 bits per heavy atom. The van der Waals surface area contributed by atoms with Crippen LogP contribution in [0.4, 0.5) is 10.1 Å². The Balaban J connectivity index is 1.43. The van der Waals surface area contributed by atoms with Gasteiger partial charge in [-0.05, 0) is 85.7 Å². The van der Waals surface area contributed by atoms with Crippen LogP contribution in [0.3, 0.4) is 0 Å². The number of phenolic OH excluding ortho intramolecular Hbond substituents is 1. The van der Waals surface area contributed by atoms with E-state index in [1.165, 1.54) is 22.5 Å². The van der Waals surface area contributed by atoms with Crippen molar-refractivity contribution in [2.24, 2.45) is 5.92 Å². The molecule has 6 rings (SSSR count). The number of hydrogen-bond donors (Lipinski definition) is 2. The summed E-state index contributed by atoms with van der Waals surface area (Å²) in [7, 11) is -7.39. The van der Waals surface area contributed by atoms with Gasteiger partial charge in [-0.1, -0.05) is 18.2 Å². The topological polar surface area (TPSA) is 121 Å². The summed E-state index contributed by atoms with van der Waals surface area (Å²) in [5.41, 5.74) is 1.18. The number of phenols is 1. The summed E-state index contributed by atoms with van der Waals surface area (Å²) < 4.78 is 68.3. The van der Waals surface area contributed by atoms with E-state index in [9.17, 15) is 31.1 Å². The fourth-order valence-corrected chi connectivity index (χ4v) is 9.61. The van der Waals surface area contributed by atoms with E-state index in [0.29, 0.717) is 22.4 Å². The Morgan fingerprint density at radius 1 is 1.02 bits per heavy atom. The van der Waals surface area contributed by atoms with E-state index < -0.39 is 43.0 Å². The number of rotatable bonds is 6. The molecule has 3 aromatic carbocycles. The monoisotopic (exact) mass is 584 g/mol. The largest absolute Gasteiger partial charge is 0.508 e. The standard InChI is InChI=1S/C29H29FN2O6S2/c30-22-8-10-23(11-9-22)40(37,38)32-25-12-7-20(28(34)31-18-21-3-1-2-4-26(21)33)17-24(25)29(27(32)19-5-6-19)13-15-39(35,36)16-14-29/h1-4,7-12,17,19,27,33H,5-6,13-16,18H2,(H,31,34). The number of amides is 1. The average molecular weight is 585 g/mol. The number of sulfonamides is 1. The molecule has 0 bridgehead atoms. The van der Waals surface area contributed by atoms with Gasteiger partial charge in [0.05, 0.1) is 28.1 Å². The fourth-order valence-electron chi connectivity index (χ4n) is 6.26. The van der Waals surface area contributed by atoms with E-state index in [4.69, 9.17) is 0 Å². The molecule has 1 saturated carbocycles. The molecule has 1 saturated heterocycles. The highest BCUT2D eigenvalue weighted by Crippen LogP contribution is 2.59.